The zero-order valence-electron chi connectivity index (χ0n) is 15.7. The van der Waals surface area contributed by atoms with Crippen LogP contribution in [0.4, 0.5) is 23.2 Å². The van der Waals surface area contributed by atoms with Gasteiger partial charge < -0.3 is 15.2 Å². The summed E-state index contributed by atoms with van der Waals surface area (Å²) in [6.07, 6.45) is -5.64. The van der Waals surface area contributed by atoms with E-state index in [4.69, 9.17) is 15.2 Å². The third-order valence-corrected chi connectivity index (χ3v) is 4.38. The van der Waals surface area contributed by atoms with Gasteiger partial charge in [0.2, 0.25) is 0 Å². The van der Waals surface area contributed by atoms with Gasteiger partial charge in [-0.3, -0.25) is 0 Å². The molecule has 0 aromatic heterocycles. The zero-order chi connectivity index (χ0) is 21.9. The number of benzene rings is 3. The molecule has 0 spiro atoms. The molecule has 30 heavy (non-hydrogen) atoms. The molecule has 8 heteroatoms. The van der Waals surface area contributed by atoms with Gasteiger partial charge in [0.15, 0.2) is 6.10 Å². The second-order valence-electron chi connectivity index (χ2n) is 6.39. The standard InChI is InChI=1S/C22H17F4NO3/c1-29-21(28)17-12-15(27)10-11-19(17)30-20(16-4-2-3-5-18(16)23)13-6-8-14(9-7-13)22(24,25)26/h2-12,20H,27H2,1H3. The number of carbonyl (C=O) groups excluding carboxylic acids is 1. The molecule has 0 aliphatic heterocycles. The van der Waals surface area contributed by atoms with E-state index in [1.54, 1.807) is 6.07 Å². The Morgan fingerprint density at radius 3 is 2.27 bits per heavy atom. The van der Waals surface area contributed by atoms with E-state index in [2.05, 4.69) is 0 Å². The Hall–Kier alpha value is -3.55. The van der Waals surface area contributed by atoms with Gasteiger partial charge in [-0.1, -0.05) is 30.3 Å². The summed E-state index contributed by atoms with van der Waals surface area (Å²) in [7, 11) is 1.18. The molecular formula is C22H17F4NO3. The number of rotatable bonds is 5. The number of anilines is 1. The molecule has 3 aromatic rings. The monoisotopic (exact) mass is 419 g/mol. The molecule has 4 nitrogen and oxygen atoms in total. The molecule has 1 unspecified atom stereocenters. The highest BCUT2D eigenvalue weighted by Crippen LogP contribution is 2.35. The molecule has 0 aliphatic rings. The Kier molecular flexibility index (Phi) is 5.96. The zero-order valence-corrected chi connectivity index (χ0v) is 15.7. The quantitative estimate of drug-likeness (QED) is 0.343. The van der Waals surface area contributed by atoms with Gasteiger partial charge in [0, 0.05) is 11.3 Å². The molecule has 0 saturated carbocycles. The lowest BCUT2D eigenvalue weighted by molar-refractivity contribution is -0.137. The lowest BCUT2D eigenvalue weighted by atomic mass is 9.99. The molecule has 3 rings (SSSR count). The highest BCUT2D eigenvalue weighted by molar-refractivity contribution is 5.93. The number of nitrogen functional groups attached to an aromatic ring is 1. The number of halogens is 4. The van der Waals surface area contributed by atoms with Crippen LogP contribution in [0.5, 0.6) is 5.75 Å². The van der Waals surface area contributed by atoms with Gasteiger partial charge in [-0.15, -0.1) is 0 Å². The van der Waals surface area contributed by atoms with E-state index in [1.165, 1.54) is 55.6 Å². The van der Waals surface area contributed by atoms with Gasteiger partial charge >= 0.3 is 12.1 Å². The first-order valence-electron chi connectivity index (χ1n) is 8.77. The van der Waals surface area contributed by atoms with E-state index in [1.807, 2.05) is 0 Å². The van der Waals surface area contributed by atoms with Gasteiger partial charge in [-0.2, -0.15) is 13.2 Å². The van der Waals surface area contributed by atoms with Crippen LogP contribution in [0, 0.1) is 5.82 Å². The Morgan fingerprint density at radius 1 is 1.00 bits per heavy atom. The Bertz CT molecular complexity index is 1050. The van der Waals surface area contributed by atoms with Crippen LogP contribution in [0.3, 0.4) is 0 Å². The van der Waals surface area contributed by atoms with E-state index < -0.39 is 29.6 Å². The summed E-state index contributed by atoms with van der Waals surface area (Å²) < 4.78 is 63.9. The fourth-order valence-corrected chi connectivity index (χ4v) is 2.89. The van der Waals surface area contributed by atoms with Gasteiger partial charge in [-0.05, 0) is 42.0 Å². The predicted molar refractivity (Wildman–Crippen MR) is 103 cm³/mol. The van der Waals surface area contributed by atoms with Crippen LogP contribution < -0.4 is 10.5 Å². The van der Waals surface area contributed by atoms with Crippen LogP contribution in [0.1, 0.15) is 33.2 Å². The summed E-state index contributed by atoms with van der Waals surface area (Å²) >= 11 is 0. The van der Waals surface area contributed by atoms with Crippen LogP contribution in [-0.4, -0.2) is 13.1 Å². The summed E-state index contributed by atoms with van der Waals surface area (Å²) in [4.78, 5) is 12.1. The summed E-state index contributed by atoms with van der Waals surface area (Å²) in [5.74, 6) is -1.29. The minimum absolute atomic E-state index is 0.00532. The minimum Gasteiger partial charge on any atom is -0.480 e. The maximum absolute atomic E-state index is 14.5. The Balaban J connectivity index is 2.09. The largest absolute Gasteiger partial charge is 0.480 e. The molecular weight excluding hydrogens is 402 g/mol. The van der Waals surface area contributed by atoms with Crippen LogP contribution in [0.15, 0.2) is 66.7 Å². The van der Waals surface area contributed by atoms with E-state index in [0.29, 0.717) is 0 Å². The highest BCUT2D eigenvalue weighted by atomic mass is 19.4. The smallest absolute Gasteiger partial charge is 0.416 e. The number of alkyl halides is 3. The SMILES string of the molecule is COC(=O)c1cc(N)ccc1OC(c1ccc(C(F)(F)F)cc1)c1ccccc1F. The van der Waals surface area contributed by atoms with E-state index >= 15 is 0 Å². The van der Waals surface area contributed by atoms with Crippen molar-refractivity contribution in [2.24, 2.45) is 0 Å². The molecule has 1 atom stereocenters. The number of esters is 1. The van der Waals surface area contributed by atoms with Crippen molar-refractivity contribution in [2.75, 3.05) is 12.8 Å². The molecule has 156 valence electrons. The van der Waals surface area contributed by atoms with Crippen molar-refractivity contribution in [2.45, 2.75) is 12.3 Å². The Morgan fingerprint density at radius 2 is 1.67 bits per heavy atom. The number of carbonyl (C=O) groups is 1. The number of hydrogen-bond acceptors (Lipinski definition) is 4. The lowest BCUT2D eigenvalue weighted by Gasteiger charge is -2.22. The molecule has 0 bridgehead atoms. The molecule has 0 aliphatic carbocycles. The average Bonchev–Trinajstić information content (AvgIpc) is 2.72. The van der Waals surface area contributed by atoms with Crippen molar-refractivity contribution in [1.29, 1.82) is 0 Å². The number of nitrogens with two attached hydrogens (primary N) is 1. The van der Waals surface area contributed by atoms with Crippen molar-refractivity contribution in [1.82, 2.24) is 0 Å². The van der Waals surface area contributed by atoms with E-state index in [9.17, 15) is 22.4 Å². The predicted octanol–water partition coefficient (Wildman–Crippen LogP) is 5.38. The van der Waals surface area contributed by atoms with Crippen molar-refractivity contribution in [3.8, 4) is 5.75 Å². The molecule has 3 aromatic carbocycles. The fourth-order valence-electron chi connectivity index (χ4n) is 2.89. The summed E-state index contributed by atoms with van der Waals surface area (Å²) in [6, 6.07) is 14.1. The first-order valence-corrected chi connectivity index (χ1v) is 8.77. The van der Waals surface area contributed by atoms with Crippen LogP contribution in [0.25, 0.3) is 0 Å². The van der Waals surface area contributed by atoms with Gasteiger partial charge in [0.1, 0.15) is 17.1 Å². The molecule has 0 saturated heterocycles. The third-order valence-electron chi connectivity index (χ3n) is 4.38. The number of hydrogen-bond donors (Lipinski definition) is 1. The second kappa shape index (κ2) is 8.44. The topological polar surface area (TPSA) is 61.5 Å². The normalized spacial score (nSPS) is 12.3. The number of methoxy groups -OCH3 is 1. The van der Waals surface area contributed by atoms with Crippen molar-refractivity contribution < 1.29 is 31.8 Å². The maximum atomic E-state index is 14.5. The summed E-state index contributed by atoms with van der Waals surface area (Å²) in [6.45, 7) is 0. The van der Waals surface area contributed by atoms with Gasteiger partial charge in [0.25, 0.3) is 0 Å². The first-order chi connectivity index (χ1) is 14.2. The summed E-state index contributed by atoms with van der Waals surface area (Å²) in [5, 5.41) is 0. The molecule has 0 amide bonds. The second-order valence-corrected chi connectivity index (χ2v) is 6.39. The maximum Gasteiger partial charge on any atom is 0.416 e. The van der Waals surface area contributed by atoms with Crippen LogP contribution >= 0.6 is 0 Å². The third kappa shape index (κ3) is 4.53. The molecule has 0 fully saturated rings. The Labute approximate surface area is 169 Å². The highest BCUT2D eigenvalue weighted by Gasteiger charge is 2.31. The van der Waals surface area contributed by atoms with E-state index in [-0.39, 0.29) is 28.1 Å². The molecule has 0 radical (unpaired) electrons. The van der Waals surface area contributed by atoms with Gasteiger partial charge in [-0.25, -0.2) is 9.18 Å². The number of ether oxygens (including phenoxy) is 2. The van der Waals surface area contributed by atoms with E-state index in [0.717, 1.165) is 12.1 Å². The van der Waals surface area contributed by atoms with Gasteiger partial charge in [0.05, 0.1) is 12.7 Å². The summed E-state index contributed by atoms with van der Waals surface area (Å²) in [5.41, 5.74) is 5.51. The molecule has 0 heterocycles. The lowest BCUT2D eigenvalue weighted by Crippen LogP contribution is -2.15. The van der Waals surface area contributed by atoms with Crippen LogP contribution in [0.2, 0.25) is 0 Å². The average molecular weight is 419 g/mol. The fraction of sp³-hybridized carbons (Fsp3) is 0.136. The van der Waals surface area contributed by atoms with Crippen molar-refractivity contribution in [3.63, 3.8) is 0 Å². The molecule has 2 N–H and O–H groups in total. The first kappa shape index (κ1) is 21.2. The minimum atomic E-state index is -4.51. The van der Waals surface area contributed by atoms with Crippen molar-refractivity contribution >= 4 is 11.7 Å². The van der Waals surface area contributed by atoms with Crippen molar-refractivity contribution in [3.05, 3.63) is 94.8 Å². The van der Waals surface area contributed by atoms with Crippen LogP contribution in [-0.2, 0) is 10.9 Å².